The largest absolute Gasteiger partial charge is 0.473 e. The molecule has 0 amide bonds. The number of hydrogen-bond acceptors (Lipinski definition) is 8. The SMILES string of the molecule is O=C(O)C(=O)OC(=O)C(=O)OC(=O)C(=O)O.[Mn].[Mn]. The number of carboxylic acids is 2. The molecule has 0 atom stereocenters. The van der Waals surface area contributed by atoms with Crippen molar-refractivity contribution in [3.8, 4) is 0 Å². The van der Waals surface area contributed by atoms with E-state index >= 15 is 0 Å². The van der Waals surface area contributed by atoms with Crippen LogP contribution >= 0.6 is 0 Å². The van der Waals surface area contributed by atoms with Crippen LogP contribution in [0.2, 0.25) is 0 Å². The van der Waals surface area contributed by atoms with Gasteiger partial charge in [-0.15, -0.1) is 0 Å². The molecule has 0 saturated heterocycles. The van der Waals surface area contributed by atoms with E-state index < -0.39 is 35.8 Å². The average Bonchev–Trinajstić information content (AvgIpc) is 2.16. The second-order valence-electron chi connectivity index (χ2n) is 1.96. The van der Waals surface area contributed by atoms with Gasteiger partial charge in [-0.05, 0) is 0 Å². The van der Waals surface area contributed by atoms with E-state index in [9.17, 15) is 28.8 Å². The fourth-order valence-electron chi connectivity index (χ4n) is 0.339. The van der Waals surface area contributed by atoms with Gasteiger partial charge in [-0.1, -0.05) is 0 Å². The van der Waals surface area contributed by atoms with Gasteiger partial charge in [-0.2, -0.15) is 0 Å². The first-order chi connectivity index (χ1) is 7.25. The Labute approximate surface area is 119 Å². The van der Waals surface area contributed by atoms with E-state index in [1.54, 1.807) is 0 Å². The van der Waals surface area contributed by atoms with Gasteiger partial charge in [0.1, 0.15) is 0 Å². The molecule has 2 radical (unpaired) electrons. The summed E-state index contributed by atoms with van der Waals surface area (Å²) in [6, 6.07) is 0. The van der Waals surface area contributed by atoms with E-state index in [0.717, 1.165) is 0 Å². The van der Waals surface area contributed by atoms with Gasteiger partial charge < -0.3 is 19.7 Å². The van der Waals surface area contributed by atoms with Crippen LogP contribution in [0.15, 0.2) is 0 Å². The Morgan fingerprint density at radius 1 is 0.556 bits per heavy atom. The van der Waals surface area contributed by atoms with E-state index in [-0.39, 0.29) is 34.1 Å². The van der Waals surface area contributed by atoms with Gasteiger partial charge in [0, 0.05) is 34.1 Å². The van der Waals surface area contributed by atoms with Crippen molar-refractivity contribution in [3.05, 3.63) is 0 Å². The number of rotatable bonds is 0. The maximum Gasteiger partial charge on any atom is 0.426 e. The Hall–Kier alpha value is -1.74. The van der Waals surface area contributed by atoms with Crippen LogP contribution in [0.5, 0.6) is 0 Å². The van der Waals surface area contributed by atoms with Crippen molar-refractivity contribution in [2.45, 2.75) is 0 Å². The summed E-state index contributed by atoms with van der Waals surface area (Å²) in [6.07, 6.45) is 0. The number of hydrogen-bond donors (Lipinski definition) is 2. The smallest absolute Gasteiger partial charge is 0.426 e. The number of aliphatic carboxylic acids is 2. The minimum absolute atomic E-state index is 0. The molecule has 0 aromatic heterocycles. The van der Waals surface area contributed by atoms with E-state index in [0.29, 0.717) is 0 Å². The van der Waals surface area contributed by atoms with Gasteiger partial charge >= 0.3 is 35.8 Å². The summed E-state index contributed by atoms with van der Waals surface area (Å²) in [6.45, 7) is 0. The second kappa shape index (κ2) is 9.31. The van der Waals surface area contributed by atoms with Crippen LogP contribution < -0.4 is 0 Å². The van der Waals surface area contributed by atoms with Gasteiger partial charge in [-0.25, -0.2) is 28.8 Å². The first-order valence-corrected chi connectivity index (χ1v) is 3.24. The molecule has 0 aromatic rings. The fourth-order valence-corrected chi connectivity index (χ4v) is 0.339. The molecular weight excluding hydrogens is 342 g/mol. The molecule has 0 unspecified atom stereocenters. The van der Waals surface area contributed by atoms with Crippen molar-refractivity contribution in [1.82, 2.24) is 0 Å². The number of carboxylic acid groups (broad SMARTS) is 2. The molecule has 0 aliphatic carbocycles. The maximum absolute atomic E-state index is 10.5. The third-order valence-corrected chi connectivity index (χ3v) is 0.887. The molecule has 0 spiro atoms. The summed E-state index contributed by atoms with van der Waals surface area (Å²) in [5.41, 5.74) is 0. The molecule has 0 saturated carbocycles. The molecule has 0 aromatic carbocycles. The van der Waals surface area contributed by atoms with Crippen LogP contribution in [0.1, 0.15) is 0 Å². The zero-order valence-electron chi connectivity index (χ0n) is 7.92. The number of carbonyl (C=O) groups excluding carboxylic acids is 4. The number of carbonyl (C=O) groups is 6. The van der Waals surface area contributed by atoms with Crippen LogP contribution in [0.25, 0.3) is 0 Å². The van der Waals surface area contributed by atoms with Crippen molar-refractivity contribution in [3.63, 3.8) is 0 Å². The summed E-state index contributed by atoms with van der Waals surface area (Å²) in [5.74, 6) is -12.7. The Morgan fingerprint density at radius 2 is 0.778 bits per heavy atom. The molecule has 10 nitrogen and oxygen atoms in total. The standard InChI is InChI=1S/C6H2O10.2Mn/c7-1(8)3(11)15-5(13)6(14)16-4(12)2(9)10;;/h(H,7,8)(H,9,10);;. The van der Waals surface area contributed by atoms with Gasteiger partial charge in [0.05, 0.1) is 0 Å². The Balaban J connectivity index is -0.00000112. The number of ether oxygens (including phenoxy) is 2. The number of esters is 4. The first kappa shape index (κ1) is 21.5. The molecule has 0 fully saturated rings. The van der Waals surface area contributed by atoms with E-state index in [1.807, 2.05) is 0 Å². The fraction of sp³-hybridized carbons (Fsp3) is 0. The molecule has 2 N–H and O–H groups in total. The van der Waals surface area contributed by atoms with Gasteiger partial charge in [0.2, 0.25) is 0 Å². The first-order valence-electron chi connectivity index (χ1n) is 3.24. The Morgan fingerprint density at radius 3 is 0.944 bits per heavy atom. The minimum atomic E-state index is -2.16. The zero-order valence-corrected chi connectivity index (χ0v) is 10.3. The summed E-state index contributed by atoms with van der Waals surface area (Å²) >= 11 is 0. The predicted octanol–water partition coefficient (Wildman–Crippen LogP) is -2.71. The van der Waals surface area contributed by atoms with Gasteiger partial charge in [0.25, 0.3) is 0 Å². The molecule has 0 bridgehead atoms. The van der Waals surface area contributed by atoms with E-state index in [4.69, 9.17) is 10.2 Å². The van der Waals surface area contributed by atoms with Crippen molar-refractivity contribution in [1.29, 1.82) is 0 Å². The molecule has 0 rings (SSSR count). The maximum atomic E-state index is 10.5. The summed E-state index contributed by atoms with van der Waals surface area (Å²) in [5, 5.41) is 15.9. The van der Waals surface area contributed by atoms with Crippen molar-refractivity contribution in [2.75, 3.05) is 0 Å². The van der Waals surface area contributed by atoms with Crippen molar-refractivity contribution in [2.24, 2.45) is 0 Å². The van der Waals surface area contributed by atoms with Crippen molar-refractivity contribution >= 4 is 35.8 Å². The van der Waals surface area contributed by atoms with Crippen LogP contribution in [0.4, 0.5) is 0 Å². The third kappa shape index (κ3) is 7.52. The quantitative estimate of drug-likeness (QED) is 0.204. The Bertz CT molecular complexity index is 361. The normalized spacial score (nSPS) is 7.78. The molecule has 12 heteroatoms. The molecule has 100 valence electrons. The molecule has 0 aliphatic heterocycles. The van der Waals surface area contributed by atoms with Gasteiger partial charge in [-0.3, -0.25) is 0 Å². The summed E-state index contributed by atoms with van der Waals surface area (Å²) in [4.78, 5) is 61.1. The zero-order chi connectivity index (χ0) is 12.9. The predicted molar refractivity (Wildman–Crippen MR) is 37.5 cm³/mol. The summed E-state index contributed by atoms with van der Waals surface area (Å²) < 4.78 is 6.71. The third-order valence-electron chi connectivity index (χ3n) is 0.887. The summed E-state index contributed by atoms with van der Waals surface area (Å²) in [7, 11) is 0. The van der Waals surface area contributed by atoms with Gasteiger partial charge in [0.15, 0.2) is 0 Å². The Kier molecular flexibility index (Phi) is 11.1. The topological polar surface area (TPSA) is 161 Å². The minimum Gasteiger partial charge on any atom is -0.473 e. The molecule has 18 heavy (non-hydrogen) atoms. The molecule has 0 aliphatic rings. The monoisotopic (exact) mass is 344 g/mol. The van der Waals surface area contributed by atoms with E-state index in [2.05, 4.69) is 9.47 Å². The van der Waals surface area contributed by atoms with E-state index in [1.165, 1.54) is 0 Å². The van der Waals surface area contributed by atoms with Crippen LogP contribution in [-0.4, -0.2) is 46.0 Å². The van der Waals surface area contributed by atoms with Crippen molar-refractivity contribution < 1.29 is 82.6 Å². The molecular formula is C6H2Mn2O10. The van der Waals surface area contributed by atoms with Crippen LogP contribution in [0, 0.1) is 0 Å². The average molecular weight is 344 g/mol. The molecule has 0 heterocycles. The van der Waals surface area contributed by atoms with Crippen LogP contribution in [-0.2, 0) is 72.4 Å². The second-order valence-corrected chi connectivity index (χ2v) is 1.96. The van der Waals surface area contributed by atoms with Crippen LogP contribution in [0.3, 0.4) is 0 Å².